The van der Waals surface area contributed by atoms with Gasteiger partial charge >= 0.3 is 0 Å². The van der Waals surface area contributed by atoms with Crippen molar-refractivity contribution < 1.29 is 0 Å². The first kappa shape index (κ1) is 11.5. The van der Waals surface area contributed by atoms with Crippen molar-refractivity contribution in [2.45, 2.75) is 25.7 Å². The largest absolute Gasteiger partial charge is 0.397 e. The second-order valence-electron chi connectivity index (χ2n) is 5.53. The molecule has 3 aromatic rings. The number of hydrogen-bond donors (Lipinski definition) is 2. The minimum atomic E-state index is 0.749. The van der Waals surface area contributed by atoms with E-state index in [0.29, 0.717) is 0 Å². The van der Waals surface area contributed by atoms with Crippen LogP contribution in [0.4, 0.5) is 5.69 Å². The number of nitrogens with one attached hydrogen (secondary N) is 1. The first-order valence-corrected chi connectivity index (χ1v) is 7.18. The number of fused-ring (bicyclic) bond motifs is 2. The molecule has 1 aliphatic carbocycles. The molecule has 1 aromatic heterocycles. The van der Waals surface area contributed by atoms with Gasteiger partial charge in [0.25, 0.3) is 0 Å². The van der Waals surface area contributed by atoms with E-state index in [0.717, 1.165) is 22.3 Å². The maximum Gasteiger partial charge on any atom is 0.1000 e. The number of H-pyrrole nitrogens is 1. The molecule has 3 N–H and O–H groups in total. The van der Waals surface area contributed by atoms with Crippen LogP contribution in [0.5, 0.6) is 0 Å². The van der Waals surface area contributed by atoms with E-state index in [2.05, 4.69) is 34.5 Å². The maximum absolute atomic E-state index is 5.99. The normalized spacial score (nSPS) is 14.4. The number of rotatable bonds is 1. The van der Waals surface area contributed by atoms with Crippen molar-refractivity contribution in [2.75, 3.05) is 5.73 Å². The summed E-state index contributed by atoms with van der Waals surface area (Å²) in [5.41, 5.74) is 12.8. The molecule has 0 saturated carbocycles. The molecule has 0 unspecified atom stereocenters. The Morgan fingerprint density at radius 2 is 1.85 bits per heavy atom. The van der Waals surface area contributed by atoms with Crippen LogP contribution < -0.4 is 5.73 Å². The second-order valence-corrected chi connectivity index (χ2v) is 5.53. The third kappa shape index (κ3) is 1.70. The van der Waals surface area contributed by atoms with E-state index in [4.69, 9.17) is 5.73 Å². The number of nitrogens with zero attached hydrogens (tertiary/aromatic N) is 1. The third-order valence-electron chi connectivity index (χ3n) is 4.25. The van der Waals surface area contributed by atoms with Gasteiger partial charge in [-0.3, -0.25) is 5.10 Å². The van der Waals surface area contributed by atoms with E-state index < -0.39 is 0 Å². The Morgan fingerprint density at radius 3 is 2.75 bits per heavy atom. The number of aromatic amines is 1. The molecule has 4 rings (SSSR count). The Hall–Kier alpha value is -2.29. The van der Waals surface area contributed by atoms with Gasteiger partial charge in [0.1, 0.15) is 0 Å². The highest BCUT2D eigenvalue weighted by Crippen LogP contribution is 2.31. The fourth-order valence-electron chi connectivity index (χ4n) is 3.17. The number of nitrogen functional groups attached to an aromatic ring is 1. The number of para-hydroxylation sites is 1. The summed E-state index contributed by atoms with van der Waals surface area (Å²) in [7, 11) is 0. The number of anilines is 1. The lowest BCUT2D eigenvalue weighted by atomic mass is 9.89. The average molecular weight is 263 g/mol. The van der Waals surface area contributed by atoms with E-state index >= 15 is 0 Å². The summed E-state index contributed by atoms with van der Waals surface area (Å²) in [6.07, 6.45) is 5.01. The Kier molecular flexibility index (Phi) is 2.52. The van der Waals surface area contributed by atoms with Crippen molar-refractivity contribution in [3.63, 3.8) is 0 Å². The molecule has 1 heterocycles. The van der Waals surface area contributed by atoms with Gasteiger partial charge in [-0.1, -0.05) is 24.3 Å². The summed E-state index contributed by atoms with van der Waals surface area (Å²) in [4.78, 5) is 0. The second kappa shape index (κ2) is 4.37. The van der Waals surface area contributed by atoms with Gasteiger partial charge in [0, 0.05) is 10.9 Å². The fraction of sp³-hybridized carbons (Fsp3) is 0.235. The van der Waals surface area contributed by atoms with Crippen LogP contribution in [-0.4, -0.2) is 10.2 Å². The highest BCUT2D eigenvalue weighted by Gasteiger charge is 2.13. The summed E-state index contributed by atoms with van der Waals surface area (Å²) < 4.78 is 0. The first-order valence-electron chi connectivity index (χ1n) is 7.18. The third-order valence-corrected chi connectivity index (χ3v) is 4.25. The number of nitrogens with two attached hydrogens (primary N) is 1. The number of aryl methyl sites for hydroxylation is 2. The van der Waals surface area contributed by atoms with Crippen LogP contribution >= 0.6 is 0 Å². The van der Waals surface area contributed by atoms with Gasteiger partial charge in [0.05, 0.1) is 16.9 Å². The first-order chi connectivity index (χ1) is 9.83. The summed E-state index contributed by atoms with van der Waals surface area (Å²) in [5.74, 6) is 0. The lowest BCUT2D eigenvalue weighted by Crippen LogP contribution is -2.02. The molecule has 0 saturated heterocycles. The van der Waals surface area contributed by atoms with E-state index in [1.807, 2.05) is 12.1 Å². The number of benzene rings is 2. The Bertz CT molecular complexity index is 786. The van der Waals surface area contributed by atoms with Crippen LogP contribution in [0.25, 0.3) is 22.2 Å². The van der Waals surface area contributed by atoms with Gasteiger partial charge in [0.15, 0.2) is 0 Å². The molecule has 3 heteroatoms. The van der Waals surface area contributed by atoms with Crippen molar-refractivity contribution in [3.8, 4) is 11.3 Å². The Morgan fingerprint density at radius 1 is 1.00 bits per heavy atom. The molecule has 2 aromatic carbocycles. The van der Waals surface area contributed by atoms with Crippen LogP contribution in [0.3, 0.4) is 0 Å². The highest BCUT2D eigenvalue weighted by molar-refractivity contribution is 5.98. The molecular formula is C17H17N3. The van der Waals surface area contributed by atoms with Gasteiger partial charge in [-0.15, -0.1) is 0 Å². The molecule has 0 amide bonds. The standard InChI is InChI=1S/C17H17N3/c18-15-7-3-6-14-16(19-20-17(14)15)13-9-8-11-4-1-2-5-12(11)10-13/h3,6-10H,1-2,4-5,18H2,(H,19,20). The van der Waals surface area contributed by atoms with E-state index in [9.17, 15) is 0 Å². The number of hydrogen-bond acceptors (Lipinski definition) is 2. The minimum absolute atomic E-state index is 0.749. The lowest BCUT2D eigenvalue weighted by Gasteiger charge is -2.16. The summed E-state index contributed by atoms with van der Waals surface area (Å²) in [6.45, 7) is 0. The van der Waals surface area contributed by atoms with Crippen LogP contribution in [0.1, 0.15) is 24.0 Å². The average Bonchev–Trinajstić information content (AvgIpc) is 2.92. The summed E-state index contributed by atoms with van der Waals surface area (Å²) in [6, 6.07) is 12.7. The van der Waals surface area contributed by atoms with Crippen molar-refractivity contribution in [2.24, 2.45) is 0 Å². The molecule has 3 nitrogen and oxygen atoms in total. The molecule has 0 spiro atoms. The zero-order valence-corrected chi connectivity index (χ0v) is 11.3. The van der Waals surface area contributed by atoms with Gasteiger partial charge in [-0.2, -0.15) is 5.10 Å². The maximum atomic E-state index is 5.99. The smallest absolute Gasteiger partial charge is 0.1000 e. The van der Waals surface area contributed by atoms with Gasteiger partial charge < -0.3 is 5.73 Å². The summed E-state index contributed by atoms with van der Waals surface area (Å²) >= 11 is 0. The number of aromatic nitrogens is 2. The van der Waals surface area contributed by atoms with E-state index in [1.165, 1.54) is 42.4 Å². The molecule has 0 aliphatic heterocycles. The quantitative estimate of drug-likeness (QED) is 0.658. The molecular weight excluding hydrogens is 246 g/mol. The van der Waals surface area contributed by atoms with Crippen LogP contribution in [0, 0.1) is 0 Å². The van der Waals surface area contributed by atoms with Crippen molar-refractivity contribution in [1.82, 2.24) is 10.2 Å². The SMILES string of the molecule is Nc1cccc2c(-c3ccc4c(c3)CCCC4)n[nH]c12. The van der Waals surface area contributed by atoms with Gasteiger partial charge in [-0.25, -0.2) is 0 Å². The zero-order chi connectivity index (χ0) is 13.5. The van der Waals surface area contributed by atoms with Crippen molar-refractivity contribution in [1.29, 1.82) is 0 Å². The van der Waals surface area contributed by atoms with Crippen LogP contribution in [0.2, 0.25) is 0 Å². The topological polar surface area (TPSA) is 54.7 Å². The lowest BCUT2D eigenvalue weighted by molar-refractivity contribution is 0.686. The monoisotopic (exact) mass is 263 g/mol. The molecule has 0 radical (unpaired) electrons. The van der Waals surface area contributed by atoms with E-state index in [1.54, 1.807) is 0 Å². The molecule has 0 bridgehead atoms. The minimum Gasteiger partial charge on any atom is -0.397 e. The molecule has 0 atom stereocenters. The molecule has 100 valence electrons. The Labute approximate surface area is 117 Å². The summed E-state index contributed by atoms with van der Waals surface area (Å²) in [5, 5.41) is 8.63. The van der Waals surface area contributed by atoms with Crippen molar-refractivity contribution >= 4 is 16.6 Å². The highest BCUT2D eigenvalue weighted by atomic mass is 15.1. The van der Waals surface area contributed by atoms with Crippen molar-refractivity contribution in [3.05, 3.63) is 47.5 Å². The Balaban J connectivity index is 1.89. The van der Waals surface area contributed by atoms with Gasteiger partial charge in [-0.05, 0) is 48.9 Å². The predicted molar refractivity (Wildman–Crippen MR) is 82.6 cm³/mol. The van der Waals surface area contributed by atoms with Crippen LogP contribution in [0.15, 0.2) is 36.4 Å². The van der Waals surface area contributed by atoms with Crippen LogP contribution in [-0.2, 0) is 12.8 Å². The molecule has 20 heavy (non-hydrogen) atoms. The predicted octanol–water partition coefficient (Wildman–Crippen LogP) is 3.69. The van der Waals surface area contributed by atoms with Gasteiger partial charge in [0.2, 0.25) is 0 Å². The van der Waals surface area contributed by atoms with E-state index in [-0.39, 0.29) is 0 Å². The zero-order valence-electron chi connectivity index (χ0n) is 11.3. The molecule has 0 fully saturated rings. The molecule has 1 aliphatic rings. The fourth-order valence-corrected chi connectivity index (χ4v) is 3.17.